The first kappa shape index (κ1) is 23.8. The number of rotatable bonds is 9. The Bertz CT molecular complexity index is 577. The highest BCUT2D eigenvalue weighted by molar-refractivity contribution is 14.0. The molecule has 0 unspecified atom stereocenters. The van der Waals surface area contributed by atoms with Gasteiger partial charge in [-0.25, -0.2) is 0 Å². The maximum atomic E-state index is 12.1. The first-order valence-corrected chi connectivity index (χ1v) is 8.88. The molecule has 0 saturated heterocycles. The molecule has 0 aromatic heterocycles. The van der Waals surface area contributed by atoms with Crippen LogP contribution >= 0.6 is 24.0 Å². The van der Waals surface area contributed by atoms with Crippen molar-refractivity contribution < 1.29 is 17.9 Å². The van der Waals surface area contributed by atoms with Gasteiger partial charge in [0.25, 0.3) is 0 Å². The van der Waals surface area contributed by atoms with E-state index in [2.05, 4.69) is 27.4 Å². The molecule has 1 fully saturated rings. The third-order valence-corrected chi connectivity index (χ3v) is 4.17. The van der Waals surface area contributed by atoms with Crippen LogP contribution in [0, 0.1) is 0 Å². The Kier molecular flexibility index (Phi) is 10.2. The second kappa shape index (κ2) is 11.6. The van der Waals surface area contributed by atoms with E-state index in [-0.39, 0.29) is 29.7 Å². The first-order valence-electron chi connectivity index (χ1n) is 8.88. The standard InChI is InChI=1S/C18H27F3N4O.HI/c1-3-25(15-6-7-15)11-10-23-17(22-2)24-12-14-4-8-16(9-5-14)26-13-18(19,20)21;/h4-5,8-9,15H,3,6-7,10-13H2,1-2H3,(H2,22,23,24);1H. The molecule has 27 heavy (non-hydrogen) atoms. The number of hydrogen-bond acceptors (Lipinski definition) is 3. The number of nitrogens with one attached hydrogen (secondary N) is 2. The first-order chi connectivity index (χ1) is 12.4. The number of ether oxygens (including phenoxy) is 1. The smallest absolute Gasteiger partial charge is 0.422 e. The molecular weight excluding hydrogens is 472 g/mol. The summed E-state index contributed by atoms with van der Waals surface area (Å²) in [6.45, 7) is 4.27. The fourth-order valence-corrected chi connectivity index (χ4v) is 2.63. The van der Waals surface area contributed by atoms with E-state index >= 15 is 0 Å². The SMILES string of the molecule is CCN(CCNC(=NC)NCc1ccc(OCC(F)(F)F)cc1)C1CC1.I. The average molecular weight is 500 g/mol. The molecule has 9 heteroatoms. The molecule has 0 bridgehead atoms. The van der Waals surface area contributed by atoms with Crippen LogP contribution in [-0.4, -0.2) is 56.4 Å². The van der Waals surface area contributed by atoms with Gasteiger partial charge in [0.05, 0.1) is 0 Å². The topological polar surface area (TPSA) is 48.9 Å². The van der Waals surface area contributed by atoms with Crippen LogP contribution in [0.2, 0.25) is 0 Å². The third kappa shape index (κ3) is 9.50. The van der Waals surface area contributed by atoms with Crippen molar-refractivity contribution in [2.24, 2.45) is 4.99 Å². The van der Waals surface area contributed by atoms with E-state index in [1.54, 1.807) is 19.2 Å². The Morgan fingerprint density at radius 3 is 2.41 bits per heavy atom. The van der Waals surface area contributed by atoms with Gasteiger partial charge in [0.2, 0.25) is 0 Å². The molecule has 2 rings (SSSR count). The number of benzene rings is 1. The van der Waals surface area contributed by atoms with E-state index in [0.717, 1.165) is 31.2 Å². The summed E-state index contributed by atoms with van der Waals surface area (Å²) in [5.41, 5.74) is 0.931. The van der Waals surface area contributed by atoms with Gasteiger partial charge in [0.15, 0.2) is 12.6 Å². The lowest BCUT2D eigenvalue weighted by molar-refractivity contribution is -0.153. The predicted molar refractivity (Wildman–Crippen MR) is 112 cm³/mol. The summed E-state index contributed by atoms with van der Waals surface area (Å²) < 4.78 is 41.1. The van der Waals surface area contributed by atoms with Crippen LogP contribution in [0.15, 0.2) is 29.3 Å². The van der Waals surface area contributed by atoms with Gasteiger partial charge in [0.1, 0.15) is 5.75 Å². The molecule has 0 heterocycles. The van der Waals surface area contributed by atoms with Gasteiger partial charge in [-0.1, -0.05) is 19.1 Å². The Morgan fingerprint density at radius 2 is 1.89 bits per heavy atom. The average Bonchev–Trinajstić information content (AvgIpc) is 3.45. The molecule has 0 spiro atoms. The zero-order chi connectivity index (χ0) is 19.0. The zero-order valence-corrected chi connectivity index (χ0v) is 18.0. The van der Waals surface area contributed by atoms with Gasteiger partial charge in [-0.3, -0.25) is 9.89 Å². The van der Waals surface area contributed by atoms with Crippen molar-refractivity contribution in [2.75, 3.05) is 33.3 Å². The summed E-state index contributed by atoms with van der Waals surface area (Å²) in [4.78, 5) is 6.64. The minimum atomic E-state index is -4.33. The van der Waals surface area contributed by atoms with Crippen LogP contribution in [0.1, 0.15) is 25.3 Å². The molecule has 2 N–H and O–H groups in total. The van der Waals surface area contributed by atoms with Crippen molar-refractivity contribution in [2.45, 2.75) is 38.5 Å². The molecule has 1 saturated carbocycles. The Balaban J connectivity index is 0.00000364. The summed E-state index contributed by atoms with van der Waals surface area (Å²) in [7, 11) is 1.71. The number of likely N-dealkylation sites (N-methyl/N-ethyl adjacent to an activating group) is 1. The van der Waals surface area contributed by atoms with Gasteiger partial charge < -0.3 is 15.4 Å². The van der Waals surface area contributed by atoms with Crippen LogP contribution in [0.4, 0.5) is 13.2 Å². The van der Waals surface area contributed by atoms with E-state index in [4.69, 9.17) is 4.74 Å². The van der Waals surface area contributed by atoms with Crippen LogP contribution in [-0.2, 0) is 6.54 Å². The molecule has 1 aromatic carbocycles. The van der Waals surface area contributed by atoms with Crippen molar-refractivity contribution >= 4 is 29.9 Å². The van der Waals surface area contributed by atoms with Crippen LogP contribution in [0.3, 0.4) is 0 Å². The lowest BCUT2D eigenvalue weighted by Crippen LogP contribution is -2.41. The van der Waals surface area contributed by atoms with E-state index in [1.165, 1.54) is 25.0 Å². The van der Waals surface area contributed by atoms with Crippen molar-refractivity contribution in [3.8, 4) is 5.75 Å². The molecule has 0 amide bonds. The number of aliphatic imine (C=N–C) groups is 1. The molecule has 1 aliphatic rings. The molecule has 5 nitrogen and oxygen atoms in total. The van der Waals surface area contributed by atoms with E-state index in [9.17, 15) is 13.2 Å². The van der Waals surface area contributed by atoms with Crippen molar-refractivity contribution in [3.05, 3.63) is 29.8 Å². The molecule has 154 valence electrons. The Labute approximate surface area is 175 Å². The van der Waals surface area contributed by atoms with Crippen LogP contribution in [0.5, 0.6) is 5.75 Å². The summed E-state index contributed by atoms with van der Waals surface area (Å²) in [6.07, 6.45) is -1.74. The summed E-state index contributed by atoms with van der Waals surface area (Å²) in [5, 5.41) is 6.48. The van der Waals surface area contributed by atoms with Crippen molar-refractivity contribution in [1.82, 2.24) is 15.5 Å². The fraction of sp³-hybridized carbons (Fsp3) is 0.611. The maximum absolute atomic E-state index is 12.1. The van der Waals surface area contributed by atoms with Gasteiger partial charge in [0, 0.05) is 32.7 Å². The Hall–Kier alpha value is -1.23. The monoisotopic (exact) mass is 500 g/mol. The molecule has 0 radical (unpaired) electrons. The summed E-state index contributed by atoms with van der Waals surface area (Å²) >= 11 is 0. The quantitative estimate of drug-likeness (QED) is 0.310. The summed E-state index contributed by atoms with van der Waals surface area (Å²) in [5.74, 6) is 0.905. The summed E-state index contributed by atoms with van der Waals surface area (Å²) in [6, 6.07) is 7.28. The third-order valence-electron chi connectivity index (χ3n) is 4.17. The van der Waals surface area contributed by atoms with E-state index < -0.39 is 12.8 Å². The molecular formula is C18H28F3IN4O. The predicted octanol–water partition coefficient (Wildman–Crippen LogP) is 3.40. The van der Waals surface area contributed by atoms with E-state index in [0.29, 0.717) is 12.5 Å². The fourth-order valence-electron chi connectivity index (χ4n) is 2.63. The van der Waals surface area contributed by atoms with Crippen molar-refractivity contribution in [1.29, 1.82) is 0 Å². The van der Waals surface area contributed by atoms with Gasteiger partial charge in [-0.2, -0.15) is 13.2 Å². The normalized spacial score (nSPS) is 14.7. The van der Waals surface area contributed by atoms with Crippen LogP contribution in [0.25, 0.3) is 0 Å². The number of alkyl halides is 3. The highest BCUT2D eigenvalue weighted by Gasteiger charge is 2.28. The molecule has 1 aromatic rings. The minimum Gasteiger partial charge on any atom is -0.484 e. The lowest BCUT2D eigenvalue weighted by atomic mass is 10.2. The van der Waals surface area contributed by atoms with Crippen molar-refractivity contribution in [3.63, 3.8) is 0 Å². The zero-order valence-electron chi connectivity index (χ0n) is 15.7. The second-order valence-corrected chi connectivity index (χ2v) is 6.26. The molecule has 0 aliphatic heterocycles. The van der Waals surface area contributed by atoms with Gasteiger partial charge in [-0.15, -0.1) is 24.0 Å². The second-order valence-electron chi connectivity index (χ2n) is 6.26. The van der Waals surface area contributed by atoms with E-state index in [1.807, 2.05) is 0 Å². The highest BCUT2D eigenvalue weighted by Crippen LogP contribution is 2.25. The molecule has 0 atom stereocenters. The van der Waals surface area contributed by atoms with Gasteiger partial charge in [-0.05, 0) is 37.1 Å². The largest absolute Gasteiger partial charge is 0.484 e. The number of guanidine groups is 1. The molecule has 1 aliphatic carbocycles. The lowest BCUT2D eigenvalue weighted by Gasteiger charge is -2.20. The Morgan fingerprint density at radius 1 is 1.22 bits per heavy atom. The van der Waals surface area contributed by atoms with Gasteiger partial charge >= 0.3 is 6.18 Å². The van der Waals surface area contributed by atoms with Crippen LogP contribution < -0.4 is 15.4 Å². The number of halogens is 4. The number of hydrogen-bond donors (Lipinski definition) is 2. The maximum Gasteiger partial charge on any atom is 0.422 e. The number of nitrogens with zero attached hydrogens (tertiary/aromatic N) is 2. The minimum absolute atomic E-state index is 0. The highest BCUT2D eigenvalue weighted by atomic mass is 127.